The molecule has 110 valence electrons. The first kappa shape index (κ1) is 15.3. The standard InChI is InChI=1S/C13H12ClN3O3S/c1-7-10(12(18)19)11(21-16-7)17(2)13(20)15-9-6-4-3-5-8(9)14/h3-6H,1-2H3,(H,15,20)(H,18,19). The fourth-order valence-electron chi connectivity index (χ4n) is 1.69. The normalized spacial score (nSPS) is 10.2. The van der Waals surface area contributed by atoms with E-state index in [0.29, 0.717) is 16.4 Å². The average Bonchev–Trinajstić information content (AvgIpc) is 2.82. The van der Waals surface area contributed by atoms with Crippen molar-refractivity contribution in [3.05, 3.63) is 40.5 Å². The number of nitrogens with one attached hydrogen (secondary N) is 1. The van der Waals surface area contributed by atoms with Gasteiger partial charge in [0.1, 0.15) is 10.6 Å². The number of aromatic nitrogens is 1. The molecule has 0 aliphatic carbocycles. The van der Waals surface area contributed by atoms with Crippen LogP contribution >= 0.6 is 23.1 Å². The highest BCUT2D eigenvalue weighted by Gasteiger charge is 2.24. The summed E-state index contributed by atoms with van der Waals surface area (Å²) in [6.45, 7) is 1.59. The highest BCUT2D eigenvalue weighted by Crippen LogP contribution is 2.29. The number of rotatable bonds is 3. The zero-order valence-corrected chi connectivity index (χ0v) is 12.8. The Morgan fingerprint density at radius 2 is 2.05 bits per heavy atom. The van der Waals surface area contributed by atoms with Crippen molar-refractivity contribution in [3.63, 3.8) is 0 Å². The van der Waals surface area contributed by atoms with E-state index < -0.39 is 12.0 Å². The van der Waals surface area contributed by atoms with Gasteiger partial charge < -0.3 is 10.4 Å². The van der Waals surface area contributed by atoms with Crippen LogP contribution in [0.4, 0.5) is 15.5 Å². The monoisotopic (exact) mass is 325 g/mol. The van der Waals surface area contributed by atoms with Gasteiger partial charge in [-0.3, -0.25) is 4.90 Å². The molecule has 0 atom stereocenters. The molecular weight excluding hydrogens is 314 g/mol. The van der Waals surface area contributed by atoms with Gasteiger partial charge in [0.2, 0.25) is 0 Å². The van der Waals surface area contributed by atoms with Crippen molar-refractivity contribution >= 4 is 45.8 Å². The van der Waals surface area contributed by atoms with Gasteiger partial charge in [-0.15, -0.1) is 0 Å². The van der Waals surface area contributed by atoms with Crippen molar-refractivity contribution in [3.8, 4) is 0 Å². The number of carbonyl (C=O) groups excluding carboxylic acids is 1. The second kappa shape index (κ2) is 6.11. The lowest BCUT2D eigenvalue weighted by atomic mass is 10.2. The van der Waals surface area contributed by atoms with E-state index in [-0.39, 0.29) is 10.6 Å². The summed E-state index contributed by atoms with van der Waals surface area (Å²) in [6, 6.07) is 6.30. The van der Waals surface area contributed by atoms with Crippen LogP contribution in [0.25, 0.3) is 0 Å². The van der Waals surface area contributed by atoms with Gasteiger partial charge in [-0.25, -0.2) is 9.59 Å². The molecule has 0 aliphatic heterocycles. The molecule has 0 saturated carbocycles. The number of aryl methyl sites for hydroxylation is 1. The molecule has 1 heterocycles. The van der Waals surface area contributed by atoms with E-state index in [1.807, 2.05) is 0 Å². The number of amides is 2. The van der Waals surface area contributed by atoms with E-state index in [9.17, 15) is 14.7 Å². The van der Waals surface area contributed by atoms with Crippen LogP contribution in [0.5, 0.6) is 0 Å². The fourth-order valence-corrected chi connectivity index (χ4v) is 2.72. The number of nitrogens with zero attached hydrogens (tertiary/aromatic N) is 2. The van der Waals surface area contributed by atoms with E-state index >= 15 is 0 Å². The summed E-state index contributed by atoms with van der Waals surface area (Å²) in [4.78, 5) is 24.6. The number of para-hydroxylation sites is 1. The van der Waals surface area contributed by atoms with Gasteiger partial charge in [0.25, 0.3) is 0 Å². The summed E-state index contributed by atoms with van der Waals surface area (Å²) in [5.41, 5.74) is 0.853. The highest BCUT2D eigenvalue weighted by molar-refractivity contribution is 7.11. The van der Waals surface area contributed by atoms with Crippen LogP contribution in [-0.2, 0) is 0 Å². The molecule has 2 rings (SSSR count). The second-order valence-electron chi connectivity index (χ2n) is 4.22. The molecule has 2 amide bonds. The summed E-state index contributed by atoms with van der Waals surface area (Å²) >= 11 is 6.92. The van der Waals surface area contributed by atoms with Crippen molar-refractivity contribution in [2.45, 2.75) is 6.92 Å². The van der Waals surface area contributed by atoms with Crippen LogP contribution in [0.1, 0.15) is 16.1 Å². The van der Waals surface area contributed by atoms with E-state index in [2.05, 4.69) is 9.69 Å². The van der Waals surface area contributed by atoms with Crippen LogP contribution in [-0.4, -0.2) is 28.5 Å². The number of urea groups is 1. The molecule has 8 heteroatoms. The van der Waals surface area contributed by atoms with Crippen molar-refractivity contribution < 1.29 is 14.7 Å². The van der Waals surface area contributed by atoms with Gasteiger partial charge in [-0.05, 0) is 30.6 Å². The maximum Gasteiger partial charge on any atom is 0.340 e. The summed E-state index contributed by atoms with van der Waals surface area (Å²) in [5.74, 6) is -1.12. The Balaban J connectivity index is 2.24. The Morgan fingerprint density at radius 1 is 1.38 bits per heavy atom. The second-order valence-corrected chi connectivity index (χ2v) is 5.38. The third-order valence-electron chi connectivity index (χ3n) is 2.78. The van der Waals surface area contributed by atoms with Gasteiger partial charge in [0.05, 0.1) is 16.4 Å². The van der Waals surface area contributed by atoms with Crippen LogP contribution in [0.15, 0.2) is 24.3 Å². The average molecular weight is 326 g/mol. The van der Waals surface area contributed by atoms with Gasteiger partial charge >= 0.3 is 12.0 Å². The van der Waals surface area contributed by atoms with E-state index in [0.717, 1.165) is 11.5 Å². The molecule has 21 heavy (non-hydrogen) atoms. The molecule has 6 nitrogen and oxygen atoms in total. The van der Waals surface area contributed by atoms with Gasteiger partial charge in [-0.2, -0.15) is 4.37 Å². The molecule has 0 saturated heterocycles. The van der Waals surface area contributed by atoms with Gasteiger partial charge in [-0.1, -0.05) is 23.7 Å². The number of anilines is 2. The Morgan fingerprint density at radius 3 is 2.67 bits per heavy atom. The Labute approximate surface area is 130 Å². The van der Waals surface area contributed by atoms with Crippen molar-refractivity contribution in [1.82, 2.24) is 4.37 Å². The molecule has 2 aromatic rings. The first-order valence-corrected chi connectivity index (χ1v) is 7.05. The minimum Gasteiger partial charge on any atom is -0.478 e. The molecule has 0 bridgehead atoms. The molecule has 0 radical (unpaired) electrons. The SMILES string of the molecule is Cc1nsc(N(C)C(=O)Nc2ccccc2Cl)c1C(=O)O. The van der Waals surface area contributed by atoms with Crippen LogP contribution in [0.2, 0.25) is 5.02 Å². The minimum atomic E-state index is -1.12. The molecule has 0 fully saturated rings. The third-order valence-corrected chi connectivity index (χ3v) is 4.13. The predicted molar refractivity (Wildman–Crippen MR) is 82.7 cm³/mol. The number of hydrogen-bond acceptors (Lipinski definition) is 4. The van der Waals surface area contributed by atoms with Crippen LogP contribution in [0.3, 0.4) is 0 Å². The Hall–Kier alpha value is -2.12. The lowest BCUT2D eigenvalue weighted by molar-refractivity contribution is 0.0697. The first-order valence-electron chi connectivity index (χ1n) is 5.90. The van der Waals surface area contributed by atoms with E-state index in [4.69, 9.17) is 11.6 Å². The summed E-state index contributed by atoms with van der Waals surface area (Å²) < 4.78 is 3.98. The molecule has 2 N–H and O–H groups in total. The maximum atomic E-state index is 12.2. The predicted octanol–water partition coefficient (Wildman–Crippen LogP) is 3.47. The van der Waals surface area contributed by atoms with Crippen molar-refractivity contribution in [1.29, 1.82) is 0 Å². The number of carboxylic acid groups (broad SMARTS) is 1. The molecule has 1 aromatic heterocycles. The Bertz CT molecular complexity index is 702. The van der Waals surface area contributed by atoms with Crippen molar-refractivity contribution in [2.24, 2.45) is 0 Å². The van der Waals surface area contributed by atoms with E-state index in [1.165, 1.54) is 11.9 Å². The third kappa shape index (κ3) is 3.14. The number of carbonyl (C=O) groups is 2. The Kier molecular flexibility index (Phi) is 4.44. The molecule has 0 spiro atoms. The van der Waals surface area contributed by atoms with E-state index in [1.54, 1.807) is 31.2 Å². The van der Waals surface area contributed by atoms with Crippen LogP contribution < -0.4 is 10.2 Å². The number of benzene rings is 1. The molecule has 0 unspecified atom stereocenters. The lowest BCUT2D eigenvalue weighted by Crippen LogP contribution is -2.31. The molecule has 1 aromatic carbocycles. The van der Waals surface area contributed by atoms with Crippen LogP contribution in [0, 0.1) is 6.92 Å². The number of halogens is 1. The van der Waals surface area contributed by atoms with Crippen molar-refractivity contribution in [2.75, 3.05) is 17.3 Å². The number of carboxylic acids is 1. The summed E-state index contributed by atoms with van der Waals surface area (Å²) in [7, 11) is 1.48. The number of aromatic carboxylic acids is 1. The zero-order valence-electron chi connectivity index (χ0n) is 11.3. The molecule has 0 aliphatic rings. The lowest BCUT2D eigenvalue weighted by Gasteiger charge is -2.17. The first-order chi connectivity index (χ1) is 9.91. The highest BCUT2D eigenvalue weighted by atomic mass is 35.5. The zero-order chi connectivity index (χ0) is 15.6. The topological polar surface area (TPSA) is 82.5 Å². The molecular formula is C13H12ClN3O3S. The number of hydrogen-bond donors (Lipinski definition) is 2. The quantitative estimate of drug-likeness (QED) is 0.905. The summed E-state index contributed by atoms with van der Waals surface area (Å²) in [5, 5.41) is 12.5. The summed E-state index contributed by atoms with van der Waals surface area (Å²) in [6.07, 6.45) is 0. The van der Waals surface area contributed by atoms with Gasteiger partial charge in [0, 0.05) is 7.05 Å². The smallest absolute Gasteiger partial charge is 0.340 e. The van der Waals surface area contributed by atoms with Gasteiger partial charge in [0.15, 0.2) is 0 Å². The largest absolute Gasteiger partial charge is 0.478 e. The fraction of sp³-hybridized carbons (Fsp3) is 0.154. The minimum absolute atomic E-state index is 0.0248. The maximum absolute atomic E-state index is 12.2.